The number of cyclic esters (lactones) is 1. The summed E-state index contributed by atoms with van der Waals surface area (Å²) in [5, 5.41) is 11.7. The summed E-state index contributed by atoms with van der Waals surface area (Å²) in [6.45, 7) is 2.01. The van der Waals surface area contributed by atoms with Gasteiger partial charge in [-0.25, -0.2) is 19.7 Å². The second-order valence-electron chi connectivity index (χ2n) is 9.27. The van der Waals surface area contributed by atoms with Gasteiger partial charge in [0.2, 0.25) is 0 Å². The first kappa shape index (κ1) is 30.2. The number of esters is 1. The summed E-state index contributed by atoms with van der Waals surface area (Å²) in [6, 6.07) is 11.6. The third-order valence-corrected chi connectivity index (χ3v) is 7.03. The van der Waals surface area contributed by atoms with Gasteiger partial charge < -0.3 is 37.3 Å². The molecule has 2 aliphatic heterocycles. The van der Waals surface area contributed by atoms with E-state index in [-0.39, 0.29) is 53.5 Å². The molecule has 0 spiro atoms. The number of hydrogen-bond donors (Lipinski definition) is 5. The summed E-state index contributed by atoms with van der Waals surface area (Å²) in [6.07, 6.45) is 0.139. The smallest absolute Gasteiger partial charge is 0.343 e. The Labute approximate surface area is 248 Å². The van der Waals surface area contributed by atoms with E-state index in [0.29, 0.717) is 23.4 Å². The summed E-state index contributed by atoms with van der Waals surface area (Å²) in [7, 11) is 0. The van der Waals surface area contributed by atoms with E-state index in [1.165, 1.54) is 0 Å². The van der Waals surface area contributed by atoms with E-state index < -0.39 is 23.4 Å². The number of anilines is 2. The molecule has 0 aliphatic carbocycles. The van der Waals surface area contributed by atoms with Crippen molar-refractivity contribution >= 4 is 64.4 Å². The monoisotopic (exact) mass is 613 g/mol. The Morgan fingerprint density at radius 1 is 1.14 bits per heavy atom. The van der Waals surface area contributed by atoms with Gasteiger partial charge in [0.05, 0.1) is 29.0 Å². The van der Waals surface area contributed by atoms with Crippen molar-refractivity contribution in [3.05, 3.63) is 74.3 Å². The van der Waals surface area contributed by atoms with Gasteiger partial charge in [-0.1, -0.05) is 36.7 Å². The fraction of sp³-hybridized carbons (Fsp3) is 0.192. The van der Waals surface area contributed by atoms with E-state index in [2.05, 4.69) is 15.0 Å². The van der Waals surface area contributed by atoms with Gasteiger partial charge in [0.1, 0.15) is 6.61 Å². The molecule has 1 amide bonds. The molecule has 5 heterocycles. The number of rotatable bonds is 2. The molecular formula is C26H25Cl2N9O5. The molecule has 14 nitrogen and oxygen atoms in total. The molecule has 0 radical (unpaired) electrons. The van der Waals surface area contributed by atoms with E-state index in [9.17, 15) is 19.5 Å². The first-order valence-corrected chi connectivity index (χ1v) is 12.6. The van der Waals surface area contributed by atoms with Gasteiger partial charge >= 0.3 is 11.9 Å². The Bertz CT molecular complexity index is 1860. The number of aliphatic hydroxyl groups is 1. The lowest BCUT2D eigenvalue weighted by Gasteiger charge is -2.31. The maximum atomic E-state index is 13.0. The van der Waals surface area contributed by atoms with Gasteiger partial charge in [-0.05, 0) is 24.6 Å². The van der Waals surface area contributed by atoms with E-state index in [1.807, 2.05) is 30.3 Å². The standard InChI is InChI=1S/C20H16N2O4.C6H8ClN7O.ClH/c1-2-20(25)14-8-16-17-12(7-11-5-3-4-6-15(11)21-17)9-22(16)18(23)13(14)10-26-19(20)24;7-2-4(9)13-3(8)1(12-2)5(15)14-6(10)11;/h3-8,25H,2,9-10H2,1H3;(H4,8,9,13)(H4,10,11,14,15);1H. The highest BCUT2D eigenvalue weighted by Gasteiger charge is 2.45. The Morgan fingerprint density at radius 3 is 2.55 bits per heavy atom. The minimum absolute atomic E-state index is 0. The van der Waals surface area contributed by atoms with Crippen LogP contribution in [0.5, 0.6) is 0 Å². The van der Waals surface area contributed by atoms with Crippen molar-refractivity contribution in [1.29, 1.82) is 0 Å². The summed E-state index contributed by atoms with van der Waals surface area (Å²) < 4.78 is 6.72. The number of benzene rings is 1. The highest BCUT2D eigenvalue weighted by atomic mass is 35.5. The second kappa shape index (κ2) is 11.2. The average molecular weight is 614 g/mol. The van der Waals surface area contributed by atoms with E-state index >= 15 is 0 Å². The second-order valence-corrected chi connectivity index (χ2v) is 9.63. The molecule has 218 valence electrons. The molecule has 1 aromatic carbocycles. The Morgan fingerprint density at radius 2 is 1.86 bits per heavy atom. The van der Waals surface area contributed by atoms with Gasteiger partial charge in [0.25, 0.3) is 5.56 Å². The van der Waals surface area contributed by atoms with Crippen molar-refractivity contribution < 1.29 is 19.4 Å². The summed E-state index contributed by atoms with van der Waals surface area (Å²) in [5.41, 5.74) is 22.3. The maximum Gasteiger partial charge on any atom is 0.343 e. The summed E-state index contributed by atoms with van der Waals surface area (Å²) in [4.78, 5) is 51.6. The normalized spacial score (nSPS) is 16.1. The molecule has 2 aliphatic rings. The van der Waals surface area contributed by atoms with E-state index in [1.54, 1.807) is 17.6 Å². The van der Waals surface area contributed by atoms with Crippen LogP contribution in [0, 0.1) is 0 Å². The van der Waals surface area contributed by atoms with Gasteiger partial charge in [0.15, 0.2) is 34.0 Å². The van der Waals surface area contributed by atoms with Crippen molar-refractivity contribution in [3.8, 4) is 11.4 Å². The van der Waals surface area contributed by atoms with Crippen LogP contribution >= 0.6 is 24.0 Å². The van der Waals surface area contributed by atoms with Crippen LogP contribution in [-0.2, 0) is 28.3 Å². The fourth-order valence-corrected chi connectivity index (χ4v) is 4.82. The number of nitrogens with zero attached hydrogens (tertiary/aromatic N) is 5. The predicted octanol–water partition coefficient (Wildman–Crippen LogP) is 1.21. The first-order chi connectivity index (χ1) is 19.4. The number of aliphatic imine (C=N–C) groups is 1. The number of hydrogen-bond acceptors (Lipinski definition) is 10. The lowest BCUT2D eigenvalue weighted by atomic mass is 9.86. The van der Waals surface area contributed by atoms with Gasteiger partial charge in [-0.15, -0.1) is 12.4 Å². The van der Waals surface area contributed by atoms with Crippen molar-refractivity contribution in [1.82, 2.24) is 19.5 Å². The van der Waals surface area contributed by atoms with Crippen molar-refractivity contribution in [2.75, 3.05) is 11.5 Å². The molecular weight excluding hydrogens is 589 g/mol. The fourth-order valence-electron chi connectivity index (χ4n) is 4.69. The number of ether oxygens (including phenoxy) is 1. The zero-order valence-electron chi connectivity index (χ0n) is 22.0. The Balaban J connectivity index is 0.000000219. The zero-order valence-corrected chi connectivity index (χ0v) is 23.6. The van der Waals surface area contributed by atoms with E-state index in [4.69, 9.17) is 44.3 Å². The number of nitrogen functional groups attached to an aromatic ring is 2. The topological polar surface area (TPSA) is 241 Å². The number of nitrogens with two attached hydrogens (primary N) is 4. The lowest BCUT2D eigenvalue weighted by molar-refractivity contribution is -0.172. The van der Waals surface area contributed by atoms with E-state index in [0.717, 1.165) is 22.2 Å². The third kappa shape index (κ3) is 5.06. The molecule has 0 fully saturated rings. The molecule has 1 atom stereocenters. The molecule has 6 rings (SSSR count). The molecule has 0 saturated heterocycles. The van der Waals surface area contributed by atoms with Crippen LogP contribution in [-0.4, -0.2) is 42.5 Å². The van der Waals surface area contributed by atoms with Crippen molar-refractivity contribution in [2.45, 2.75) is 32.1 Å². The molecule has 42 heavy (non-hydrogen) atoms. The highest BCUT2D eigenvalue weighted by molar-refractivity contribution is 6.31. The molecule has 1 unspecified atom stereocenters. The number of para-hydroxylation sites is 1. The number of carbonyl (C=O) groups excluding carboxylic acids is 2. The third-order valence-electron chi connectivity index (χ3n) is 6.75. The number of amides is 1. The number of halogens is 2. The molecule has 3 aromatic heterocycles. The Kier molecular flexibility index (Phi) is 8.07. The quantitative estimate of drug-likeness (QED) is 0.107. The largest absolute Gasteiger partial charge is 0.458 e. The number of pyridine rings is 2. The zero-order chi connectivity index (χ0) is 29.6. The minimum atomic E-state index is -1.79. The molecule has 16 heteroatoms. The first-order valence-electron chi connectivity index (χ1n) is 12.2. The predicted molar refractivity (Wildman–Crippen MR) is 158 cm³/mol. The van der Waals surface area contributed by atoms with Crippen molar-refractivity contribution in [3.63, 3.8) is 0 Å². The molecule has 4 aromatic rings. The SMILES string of the molecule is CCC1(O)C(=O)OCc2c1cc1n(c2=O)Cc2cc3ccccc3nc2-1.Cl.NC(N)=NC(=O)c1nc(Cl)c(N)nc1N. The number of carbonyl (C=O) groups is 2. The lowest BCUT2D eigenvalue weighted by Crippen LogP contribution is -2.44. The number of fused-ring (bicyclic) bond motifs is 5. The molecule has 0 saturated carbocycles. The minimum Gasteiger partial charge on any atom is -0.458 e. The number of guanidine groups is 1. The average Bonchev–Trinajstić information content (AvgIpc) is 3.29. The van der Waals surface area contributed by atoms with Crippen LogP contribution < -0.4 is 28.5 Å². The van der Waals surface area contributed by atoms with Crippen LogP contribution in [0.15, 0.2) is 46.2 Å². The van der Waals surface area contributed by atoms with Gasteiger partial charge in [-0.3, -0.25) is 9.59 Å². The van der Waals surface area contributed by atoms with Gasteiger partial charge in [0, 0.05) is 16.5 Å². The van der Waals surface area contributed by atoms with Crippen LogP contribution in [0.25, 0.3) is 22.3 Å². The molecule has 9 N–H and O–H groups in total. The van der Waals surface area contributed by atoms with Crippen LogP contribution in [0.2, 0.25) is 5.15 Å². The van der Waals surface area contributed by atoms with Gasteiger partial charge in [-0.2, -0.15) is 4.99 Å². The number of aromatic nitrogens is 4. The highest BCUT2D eigenvalue weighted by Crippen LogP contribution is 2.38. The Hall–Kier alpha value is -4.79. The summed E-state index contributed by atoms with van der Waals surface area (Å²) in [5.74, 6) is -2.21. The molecule has 0 bridgehead atoms. The summed E-state index contributed by atoms with van der Waals surface area (Å²) >= 11 is 5.55. The van der Waals surface area contributed by atoms with Crippen LogP contribution in [0.4, 0.5) is 11.6 Å². The van der Waals surface area contributed by atoms with Crippen LogP contribution in [0.3, 0.4) is 0 Å². The maximum absolute atomic E-state index is 13.0. The van der Waals surface area contributed by atoms with Crippen molar-refractivity contribution in [2.24, 2.45) is 16.5 Å². The van der Waals surface area contributed by atoms with Crippen LogP contribution in [0.1, 0.15) is 40.5 Å².